The Kier molecular flexibility index (Phi) is 6.71. The van der Waals surface area contributed by atoms with Crippen molar-refractivity contribution in [2.24, 2.45) is 0 Å². The number of carbonyl (C=O) groups excluding carboxylic acids is 3. The highest BCUT2D eigenvalue weighted by Crippen LogP contribution is 2.19. The summed E-state index contributed by atoms with van der Waals surface area (Å²) in [5, 5.41) is 6.38. The van der Waals surface area contributed by atoms with Crippen LogP contribution >= 0.6 is 0 Å². The largest absolute Gasteiger partial charge is 0.341 e. The fourth-order valence-corrected chi connectivity index (χ4v) is 1.73. The summed E-state index contributed by atoms with van der Waals surface area (Å²) >= 11 is 0. The SMILES string of the molecule is CNC(=O)NC(=O)[C@@H](C)[NH+](C)CC(=O)Nc1ccc(F)c(F)c1F. The Morgan fingerprint density at radius 3 is 2.38 bits per heavy atom. The fourth-order valence-electron chi connectivity index (χ4n) is 1.73. The summed E-state index contributed by atoms with van der Waals surface area (Å²) in [5.74, 6) is -5.89. The molecule has 0 aromatic heterocycles. The molecule has 1 aromatic carbocycles. The third-order valence-electron chi connectivity index (χ3n) is 3.34. The minimum Gasteiger partial charge on any atom is -0.341 e. The lowest BCUT2D eigenvalue weighted by molar-refractivity contribution is -0.885. The molecule has 7 nitrogen and oxygen atoms in total. The van der Waals surface area contributed by atoms with Crippen molar-refractivity contribution in [3.05, 3.63) is 29.6 Å². The molecule has 0 fully saturated rings. The number of imide groups is 1. The third-order valence-corrected chi connectivity index (χ3v) is 3.34. The number of urea groups is 1. The lowest BCUT2D eigenvalue weighted by atomic mass is 10.2. The molecule has 0 aliphatic rings. The maximum atomic E-state index is 13.5. The van der Waals surface area contributed by atoms with Gasteiger partial charge >= 0.3 is 6.03 Å². The number of benzene rings is 1. The molecule has 0 radical (unpaired) electrons. The number of carbonyl (C=O) groups is 3. The van der Waals surface area contributed by atoms with E-state index in [2.05, 4.69) is 16.0 Å². The van der Waals surface area contributed by atoms with Gasteiger partial charge in [0.15, 0.2) is 30.0 Å². The number of rotatable bonds is 5. The smallest absolute Gasteiger partial charge is 0.321 e. The van der Waals surface area contributed by atoms with Gasteiger partial charge in [0, 0.05) is 7.05 Å². The highest BCUT2D eigenvalue weighted by molar-refractivity contribution is 5.96. The van der Waals surface area contributed by atoms with Crippen LogP contribution in [-0.4, -0.2) is 44.5 Å². The third kappa shape index (κ3) is 4.95. The summed E-state index contributed by atoms with van der Waals surface area (Å²) in [6.07, 6.45) is 0. The zero-order valence-electron chi connectivity index (χ0n) is 13.3. The summed E-state index contributed by atoms with van der Waals surface area (Å²) < 4.78 is 39.4. The molecule has 24 heavy (non-hydrogen) atoms. The van der Waals surface area contributed by atoms with Crippen molar-refractivity contribution in [3.8, 4) is 0 Å². The molecule has 0 saturated carbocycles. The van der Waals surface area contributed by atoms with Gasteiger partial charge < -0.3 is 15.5 Å². The van der Waals surface area contributed by atoms with Gasteiger partial charge in [0.1, 0.15) is 0 Å². The van der Waals surface area contributed by atoms with E-state index in [-0.39, 0.29) is 6.54 Å². The lowest BCUT2D eigenvalue weighted by Gasteiger charge is -2.20. The number of anilines is 1. The van der Waals surface area contributed by atoms with Crippen LogP contribution in [-0.2, 0) is 9.59 Å². The Bertz CT molecular complexity index is 654. The molecule has 0 saturated heterocycles. The lowest BCUT2D eigenvalue weighted by Crippen LogP contribution is -3.15. The van der Waals surface area contributed by atoms with E-state index in [1.807, 2.05) is 0 Å². The molecule has 1 rings (SSSR count). The summed E-state index contributed by atoms with van der Waals surface area (Å²) in [6, 6.07) is 0.128. The molecule has 4 N–H and O–H groups in total. The van der Waals surface area contributed by atoms with Gasteiger partial charge in [0.25, 0.3) is 11.8 Å². The number of amides is 4. The van der Waals surface area contributed by atoms with Gasteiger partial charge in [-0.25, -0.2) is 18.0 Å². The number of halogens is 3. The van der Waals surface area contributed by atoms with E-state index in [1.165, 1.54) is 21.0 Å². The molecule has 1 aromatic rings. The molecule has 0 spiro atoms. The minimum absolute atomic E-state index is 0.263. The zero-order valence-corrected chi connectivity index (χ0v) is 13.3. The number of likely N-dealkylation sites (N-methyl/N-ethyl adjacent to an activating group) is 1. The van der Waals surface area contributed by atoms with Gasteiger partial charge in [-0.05, 0) is 19.1 Å². The summed E-state index contributed by atoms with van der Waals surface area (Å²) in [7, 11) is 2.85. The van der Waals surface area contributed by atoms with E-state index < -0.39 is 47.0 Å². The topological polar surface area (TPSA) is 91.7 Å². The standard InChI is InChI=1S/C14H17F3N4O3/c1-7(13(23)20-14(24)18-2)21(3)6-10(22)19-9-5-4-8(15)11(16)12(9)17/h4-5,7H,6H2,1-3H3,(H,19,22)(H2,18,20,23,24)/p+1/t7-/m1/s1. The maximum absolute atomic E-state index is 13.5. The van der Waals surface area contributed by atoms with E-state index in [0.717, 1.165) is 6.07 Å². The first-order chi connectivity index (χ1) is 11.2. The van der Waals surface area contributed by atoms with Crippen LogP contribution in [0.5, 0.6) is 0 Å². The highest BCUT2D eigenvalue weighted by Gasteiger charge is 2.25. The van der Waals surface area contributed by atoms with Gasteiger partial charge in [-0.1, -0.05) is 0 Å². The molecule has 132 valence electrons. The van der Waals surface area contributed by atoms with Crippen molar-refractivity contribution >= 4 is 23.5 Å². The van der Waals surface area contributed by atoms with Crippen molar-refractivity contribution in [3.63, 3.8) is 0 Å². The van der Waals surface area contributed by atoms with Gasteiger partial charge in [-0.3, -0.25) is 14.9 Å². The number of hydrogen-bond donors (Lipinski definition) is 4. The molecule has 0 bridgehead atoms. The van der Waals surface area contributed by atoms with Crippen LogP contribution in [0.4, 0.5) is 23.7 Å². The first kappa shape index (κ1) is 19.4. The summed E-state index contributed by atoms with van der Waals surface area (Å²) in [4.78, 5) is 35.1. The molecule has 0 aliphatic carbocycles. The van der Waals surface area contributed by atoms with Gasteiger partial charge in [-0.15, -0.1) is 0 Å². The second-order valence-corrected chi connectivity index (χ2v) is 5.08. The summed E-state index contributed by atoms with van der Waals surface area (Å²) in [5.41, 5.74) is -0.505. The van der Waals surface area contributed by atoms with Gasteiger partial charge in [-0.2, -0.15) is 0 Å². The Labute approximate surface area is 136 Å². The van der Waals surface area contributed by atoms with E-state index in [4.69, 9.17) is 0 Å². The molecule has 1 unspecified atom stereocenters. The minimum atomic E-state index is -1.69. The van der Waals surface area contributed by atoms with E-state index in [1.54, 1.807) is 0 Å². The highest BCUT2D eigenvalue weighted by atomic mass is 19.2. The van der Waals surface area contributed by atoms with Crippen LogP contribution < -0.4 is 20.9 Å². The first-order valence-electron chi connectivity index (χ1n) is 6.95. The average molecular weight is 347 g/mol. The Morgan fingerprint density at radius 1 is 1.17 bits per heavy atom. The second-order valence-electron chi connectivity index (χ2n) is 5.08. The van der Waals surface area contributed by atoms with Crippen LogP contribution in [0.1, 0.15) is 6.92 Å². The molecule has 0 aliphatic heterocycles. The van der Waals surface area contributed by atoms with Gasteiger partial charge in [0.05, 0.1) is 12.7 Å². The quantitative estimate of drug-likeness (QED) is 0.536. The first-order valence-corrected chi connectivity index (χ1v) is 6.95. The number of quaternary nitrogens is 1. The van der Waals surface area contributed by atoms with Crippen LogP contribution in [0.3, 0.4) is 0 Å². The number of nitrogens with one attached hydrogen (secondary N) is 4. The molecule has 10 heteroatoms. The normalized spacial score (nSPS) is 12.9. The molecular formula is C14H18F3N4O3+. The van der Waals surface area contributed by atoms with Crippen LogP contribution in [0, 0.1) is 17.5 Å². The Hall–Kier alpha value is -2.62. The monoisotopic (exact) mass is 347 g/mol. The van der Waals surface area contributed by atoms with Crippen LogP contribution in [0.2, 0.25) is 0 Å². The molecular weight excluding hydrogens is 329 g/mol. The predicted octanol–water partition coefficient (Wildman–Crippen LogP) is -0.599. The van der Waals surface area contributed by atoms with Crippen molar-refractivity contribution in [1.29, 1.82) is 0 Å². The fraction of sp³-hybridized carbons (Fsp3) is 0.357. The van der Waals surface area contributed by atoms with Crippen molar-refractivity contribution in [2.75, 3.05) is 26.0 Å². The Morgan fingerprint density at radius 2 is 1.79 bits per heavy atom. The predicted molar refractivity (Wildman–Crippen MR) is 78.8 cm³/mol. The van der Waals surface area contributed by atoms with E-state index in [0.29, 0.717) is 11.0 Å². The zero-order chi connectivity index (χ0) is 18.4. The molecule has 4 amide bonds. The van der Waals surface area contributed by atoms with E-state index >= 15 is 0 Å². The second kappa shape index (κ2) is 8.29. The number of hydrogen-bond acceptors (Lipinski definition) is 3. The van der Waals surface area contributed by atoms with Crippen molar-refractivity contribution < 1.29 is 32.5 Å². The van der Waals surface area contributed by atoms with Crippen LogP contribution in [0.25, 0.3) is 0 Å². The Balaban J connectivity index is 2.66. The molecule has 0 heterocycles. The van der Waals surface area contributed by atoms with E-state index in [9.17, 15) is 27.6 Å². The summed E-state index contributed by atoms with van der Waals surface area (Å²) in [6.45, 7) is 1.22. The molecule has 2 atom stereocenters. The van der Waals surface area contributed by atoms with Gasteiger partial charge in [0.2, 0.25) is 0 Å². The van der Waals surface area contributed by atoms with Crippen molar-refractivity contribution in [2.45, 2.75) is 13.0 Å². The average Bonchev–Trinajstić information content (AvgIpc) is 2.54. The maximum Gasteiger partial charge on any atom is 0.321 e. The van der Waals surface area contributed by atoms with Crippen molar-refractivity contribution in [1.82, 2.24) is 10.6 Å². The van der Waals surface area contributed by atoms with Crippen LogP contribution in [0.15, 0.2) is 12.1 Å².